The monoisotopic (exact) mass is 405 g/mol. The van der Waals surface area contributed by atoms with Gasteiger partial charge in [-0.3, -0.25) is 9.59 Å². The number of alkyl halides is 2. The van der Waals surface area contributed by atoms with Crippen molar-refractivity contribution in [1.29, 1.82) is 0 Å². The molecule has 0 aromatic heterocycles. The third-order valence-corrected chi connectivity index (χ3v) is 4.28. The van der Waals surface area contributed by atoms with Crippen LogP contribution in [0.5, 0.6) is 5.75 Å². The van der Waals surface area contributed by atoms with Gasteiger partial charge in [-0.15, -0.1) is 0 Å². The number of ether oxygens (including phenoxy) is 2. The van der Waals surface area contributed by atoms with E-state index in [0.29, 0.717) is 37.0 Å². The summed E-state index contributed by atoms with van der Waals surface area (Å²) in [6.07, 6.45) is 0.979. The van der Waals surface area contributed by atoms with E-state index in [1.165, 1.54) is 23.1 Å². The molecule has 1 aromatic carbocycles. The fourth-order valence-electron chi connectivity index (χ4n) is 2.62. The van der Waals surface area contributed by atoms with E-state index in [0.717, 1.165) is 0 Å². The van der Waals surface area contributed by atoms with Crippen molar-refractivity contribution in [3.05, 3.63) is 28.2 Å². The standard InChI is InChI=1S/C16H18BrF2NO4/c1-2-23-15(22)10-5-7-20(8-6-10)14(21)12-9-11(17)3-4-13(12)24-16(18)19/h3-4,9-10,16H,2,5-8H2,1H3. The molecular weight excluding hydrogens is 388 g/mol. The maximum Gasteiger partial charge on any atom is 0.387 e. The first-order valence-corrected chi connectivity index (χ1v) is 8.42. The quantitative estimate of drug-likeness (QED) is 0.703. The third-order valence-electron chi connectivity index (χ3n) is 3.79. The molecule has 1 fully saturated rings. The summed E-state index contributed by atoms with van der Waals surface area (Å²) >= 11 is 3.23. The Hall–Kier alpha value is -1.70. The minimum atomic E-state index is -3.01. The number of carbonyl (C=O) groups excluding carboxylic acids is 2. The highest BCUT2D eigenvalue weighted by Gasteiger charge is 2.30. The first-order valence-electron chi connectivity index (χ1n) is 7.62. The number of esters is 1. The minimum absolute atomic E-state index is 0.0688. The first-order chi connectivity index (χ1) is 11.4. The summed E-state index contributed by atoms with van der Waals surface area (Å²) in [6, 6.07) is 4.31. The van der Waals surface area contributed by atoms with Crippen LogP contribution in [-0.2, 0) is 9.53 Å². The van der Waals surface area contributed by atoms with Gasteiger partial charge in [0.15, 0.2) is 0 Å². The van der Waals surface area contributed by atoms with Gasteiger partial charge in [0.05, 0.1) is 18.1 Å². The molecule has 0 aliphatic carbocycles. The number of nitrogens with zero attached hydrogens (tertiary/aromatic N) is 1. The number of rotatable bonds is 5. The molecule has 2 rings (SSSR count). The zero-order valence-corrected chi connectivity index (χ0v) is 14.7. The highest BCUT2D eigenvalue weighted by atomic mass is 79.9. The second kappa shape index (κ2) is 8.41. The molecule has 1 aliphatic heterocycles. The summed E-state index contributed by atoms with van der Waals surface area (Å²) in [5, 5.41) is 0. The Morgan fingerprint density at radius 1 is 1.33 bits per heavy atom. The lowest BCUT2D eigenvalue weighted by Gasteiger charge is -2.31. The van der Waals surface area contributed by atoms with Crippen LogP contribution >= 0.6 is 15.9 Å². The van der Waals surface area contributed by atoms with Crippen molar-refractivity contribution in [1.82, 2.24) is 4.90 Å². The van der Waals surface area contributed by atoms with E-state index in [9.17, 15) is 18.4 Å². The summed E-state index contributed by atoms with van der Waals surface area (Å²) in [7, 11) is 0. The van der Waals surface area contributed by atoms with Crippen molar-refractivity contribution in [3.8, 4) is 5.75 Å². The van der Waals surface area contributed by atoms with Gasteiger partial charge in [0, 0.05) is 17.6 Å². The molecule has 0 unspecified atom stereocenters. The molecule has 0 atom stereocenters. The Morgan fingerprint density at radius 3 is 2.58 bits per heavy atom. The number of halogens is 3. The van der Waals surface area contributed by atoms with Crippen molar-refractivity contribution >= 4 is 27.8 Å². The summed E-state index contributed by atoms with van der Waals surface area (Å²) in [4.78, 5) is 25.9. The van der Waals surface area contributed by atoms with Crippen molar-refractivity contribution in [2.24, 2.45) is 5.92 Å². The summed E-state index contributed by atoms with van der Waals surface area (Å²) in [5.41, 5.74) is 0.0688. The average Bonchev–Trinajstić information content (AvgIpc) is 2.56. The van der Waals surface area contributed by atoms with E-state index in [2.05, 4.69) is 20.7 Å². The lowest BCUT2D eigenvalue weighted by Crippen LogP contribution is -2.40. The molecule has 0 bridgehead atoms. The van der Waals surface area contributed by atoms with Gasteiger partial charge in [-0.05, 0) is 38.0 Å². The highest BCUT2D eigenvalue weighted by molar-refractivity contribution is 9.10. The predicted molar refractivity (Wildman–Crippen MR) is 86.0 cm³/mol. The Balaban J connectivity index is 2.07. The van der Waals surface area contributed by atoms with Crippen LogP contribution in [0.1, 0.15) is 30.1 Å². The van der Waals surface area contributed by atoms with Gasteiger partial charge >= 0.3 is 12.6 Å². The Morgan fingerprint density at radius 2 is 2.00 bits per heavy atom. The van der Waals surface area contributed by atoms with E-state index in [1.807, 2.05) is 0 Å². The average molecular weight is 406 g/mol. The molecule has 0 N–H and O–H groups in total. The fourth-order valence-corrected chi connectivity index (χ4v) is 2.98. The van der Waals surface area contributed by atoms with Crippen LogP contribution in [-0.4, -0.2) is 43.1 Å². The number of hydrogen-bond acceptors (Lipinski definition) is 4. The van der Waals surface area contributed by atoms with Crippen molar-refractivity contribution in [2.75, 3.05) is 19.7 Å². The van der Waals surface area contributed by atoms with E-state index in [1.54, 1.807) is 6.92 Å². The molecule has 1 heterocycles. The number of amides is 1. The predicted octanol–water partition coefficient (Wildman–Crippen LogP) is 3.47. The third kappa shape index (κ3) is 4.66. The number of likely N-dealkylation sites (tertiary alicyclic amines) is 1. The van der Waals surface area contributed by atoms with E-state index >= 15 is 0 Å². The van der Waals surface area contributed by atoms with Crippen molar-refractivity contribution < 1.29 is 27.8 Å². The van der Waals surface area contributed by atoms with Crippen LogP contribution in [0.3, 0.4) is 0 Å². The minimum Gasteiger partial charge on any atom is -0.466 e. The smallest absolute Gasteiger partial charge is 0.387 e. The van der Waals surface area contributed by atoms with Gasteiger partial charge in [0.25, 0.3) is 5.91 Å². The zero-order valence-electron chi connectivity index (χ0n) is 13.1. The van der Waals surface area contributed by atoms with E-state index < -0.39 is 12.5 Å². The lowest BCUT2D eigenvalue weighted by molar-refractivity contribution is -0.149. The topological polar surface area (TPSA) is 55.8 Å². The summed E-state index contributed by atoms with van der Waals surface area (Å²) in [6.45, 7) is -0.211. The van der Waals surface area contributed by atoms with Gasteiger partial charge < -0.3 is 14.4 Å². The molecule has 24 heavy (non-hydrogen) atoms. The second-order valence-corrected chi connectivity index (χ2v) is 6.25. The van der Waals surface area contributed by atoms with Gasteiger partial charge in [0.1, 0.15) is 5.75 Å². The van der Waals surface area contributed by atoms with Crippen molar-refractivity contribution in [3.63, 3.8) is 0 Å². The number of piperidine rings is 1. The van der Waals surface area contributed by atoms with Gasteiger partial charge in [0.2, 0.25) is 0 Å². The van der Waals surface area contributed by atoms with E-state index in [4.69, 9.17) is 4.74 Å². The number of benzene rings is 1. The SMILES string of the molecule is CCOC(=O)C1CCN(C(=O)c2cc(Br)ccc2OC(F)F)CC1. The zero-order chi connectivity index (χ0) is 17.7. The highest BCUT2D eigenvalue weighted by Crippen LogP contribution is 2.28. The van der Waals surface area contributed by atoms with Crippen LogP contribution in [0.15, 0.2) is 22.7 Å². The Kier molecular flexibility index (Phi) is 6.53. The molecule has 1 aromatic rings. The Labute approximate surface area is 147 Å². The van der Waals surface area contributed by atoms with Crippen molar-refractivity contribution in [2.45, 2.75) is 26.4 Å². The van der Waals surface area contributed by atoms with Crippen LogP contribution in [0.4, 0.5) is 8.78 Å². The van der Waals surface area contributed by atoms with Crippen LogP contribution in [0.25, 0.3) is 0 Å². The lowest BCUT2D eigenvalue weighted by atomic mass is 9.96. The summed E-state index contributed by atoms with van der Waals surface area (Å²) in [5.74, 6) is -1.04. The van der Waals surface area contributed by atoms with Crippen LogP contribution < -0.4 is 4.74 Å². The Bertz CT molecular complexity index is 604. The maximum atomic E-state index is 12.6. The molecular formula is C16H18BrF2NO4. The fraction of sp³-hybridized carbons (Fsp3) is 0.500. The number of hydrogen-bond donors (Lipinski definition) is 0. The molecule has 0 saturated carbocycles. The molecule has 1 aliphatic rings. The summed E-state index contributed by atoms with van der Waals surface area (Å²) < 4.78 is 35.0. The normalized spacial score (nSPS) is 15.5. The molecule has 8 heteroatoms. The maximum absolute atomic E-state index is 12.6. The van der Waals surface area contributed by atoms with Gasteiger partial charge in [-0.1, -0.05) is 15.9 Å². The second-order valence-electron chi connectivity index (χ2n) is 5.34. The van der Waals surface area contributed by atoms with Crippen LogP contribution in [0.2, 0.25) is 0 Å². The van der Waals surface area contributed by atoms with Gasteiger partial charge in [-0.2, -0.15) is 8.78 Å². The molecule has 0 spiro atoms. The molecule has 0 radical (unpaired) electrons. The molecule has 1 amide bonds. The number of carbonyl (C=O) groups is 2. The first kappa shape index (κ1) is 18.6. The van der Waals surface area contributed by atoms with Crippen LogP contribution in [0, 0.1) is 5.92 Å². The van der Waals surface area contributed by atoms with Gasteiger partial charge in [-0.25, -0.2) is 0 Å². The molecule has 132 valence electrons. The molecule has 1 saturated heterocycles. The molecule has 5 nitrogen and oxygen atoms in total. The van der Waals surface area contributed by atoms with E-state index in [-0.39, 0.29) is 23.2 Å². The largest absolute Gasteiger partial charge is 0.466 e.